The van der Waals surface area contributed by atoms with Gasteiger partial charge in [-0.05, 0) is 36.5 Å². The van der Waals surface area contributed by atoms with Gasteiger partial charge >= 0.3 is 5.88 Å². The molecule has 0 atom stereocenters. The molecular weight excluding hydrogens is 422 g/mol. The summed E-state index contributed by atoms with van der Waals surface area (Å²) in [5.41, 5.74) is 8.72. The predicted octanol–water partition coefficient (Wildman–Crippen LogP) is 4.35. The number of carbonyl (C=O) groups is 1. The molecule has 0 saturated heterocycles. The maximum absolute atomic E-state index is 10.8. The Labute approximate surface area is 189 Å². The Morgan fingerprint density at radius 1 is 1.25 bits per heavy atom. The van der Waals surface area contributed by atoms with E-state index in [0.29, 0.717) is 30.2 Å². The van der Waals surface area contributed by atoms with Crippen LogP contribution >= 0.6 is 0 Å². The fraction of sp³-hybridized carbons (Fsp3) is 0.292. The third-order valence-electron chi connectivity index (χ3n) is 4.81. The molecule has 3 aromatic rings. The lowest BCUT2D eigenvalue weighted by Gasteiger charge is -2.14. The molecule has 0 aliphatic rings. The van der Waals surface area contributed by atoms with Crippen molar-refractivity contribution < 1.29 is 23.7 Å². The van der Waals surface area contributed by atoms with Crippen LogP contribution in [0.4, 0.5) is 0 Å². The number of nitrogens with two attached hydrogens (primary N) is 1. The van der Waals surface area contributed by atoms with Crippen molar-refractivity contribution in [2.45, 2.75) is 32.1 Å². The van der Waals surface area contributed by atoms with E-state index in [2.05, 4.69) is 29.6 Å². The van der Waals surface area contributed by atoms with Crippen LogP contribution in [-0.2, 0) is 16.0 Å². The zero-order valence-electron chi connectivity index (χ0n) is 18.8. The van der Waals surface area contributed by atoms with Gasteiger partial charge in [0, 0.05) is 38.1 Å². The Kier molecular flexibility index (Phi) is 7.96. The van der Waals surface area contributed by atoms with Gasteiger partial charge in [-0.3, -0.25) is 4.99 Å². The second kappa shape index (κ2) is 10.9. The van der Waals surface area contributed by atoms with E-state index in [1.165, 1.54) is 6.20 Å². The van der Waals surface area contributed by atoms with Crippen molar-refractivity contribution in [2.24, 2.45) is 10.7 Å². The summed E-state index contributed by atoms with van der Waals surface area (Å²) in [5, 5.41) is 0.908. The van der Waals surface area contributed by atoms with Gasteiger partial charge in [-0.25, -0.2) is 0 Å². The molecule has 1 aromatic carbocycles. The number of rotatable bonds is 11. The number of hydrogen-bond donors (Lipinski definition) is 1. The molecule has 2 aromatic heterocycles. The minimum Gasteiger partial charge on any atom is -0.464 e. The molecule has 0 fully saturated rings. The van der Waals surface area contributed by atoms with Gasteiger partial charge in [0.2, 0.25) is 0 Å². The summed E-state index contributed by atoms with van der Waals surface area (Å²) in [4.78, 5) is 18.4. The first-order valence-corrected chi connectivity index (χ1v) is 14.2. The topological polar surface area (TPSA) is 101 Å². The molecule has 0 bridgehead atoms. The van der Waals surface area contributed by atoms with Crippen LogP contribution in [0.2, 0.25) is 25.7 Å². The van der Waals surface area contributed by atoms with Crippen molar-refractivity contribution >= 4 is 31.0 Å². The highest BCUT2D eigenvalue weighted by molar-refractivity contribution is 6.76. The summed E-state index contributed by atoms with van der Waals surface area (Å²) in [6, 6.07) is 10.4. The molecule has 0 radical (unpaired) electrons. The van der Waals surface area contributed by atoms with E-state index in [4.69, 9.17) is 19.6 Å². The maximum atomic E-state index is 10.8. The van der Waals surface area contributed by atoms with Gasteiger partial charge in [0.1, 0.15) is 24.3 Å². The highest BCUT2D eigenvalue weighted by Gasteiger charge is 2.13. The highest BCUT2D eigenvalue weighted by atomic mass is 28.3. The third-order valence-corrected chi connectivity index (χ3v) is 6.52. The monoisotopic (exact) mass is 452 g/mol. The van der Waals surface area contributed by atoms with Crippen molar-refractivity contribution in [2.75, 3.05) is 13.3 Å². The lowest BCUT2D eigenvalue weighted by atomic mass is 10.1. The molecule has 0 spiro atoms. The molecule has 2 heterocycles. The fourth-order valence-electron chi connectivity index (χ4n) is 3.02. The van der Waals surface area contributed by atoms with Crippen LogP contribution in [0.5, 0.6) is 11.6 Å². The first kappa shape index (κ1) is 23.4. The van der Waals surface area contributed by atoms with Crippen LogP contribution in [0, 0.1) is 0 Å². The first-order chi connectivity index (χ1) is 15.4. The number of pyridine rings is 1. The fourth-order valence-corrected chi connectivity index (χ4v) is 3.78. The predicted molar refractivity (Wildman–Crippen MR) is 128 cm³/mol. The van der Waals surface area contributed by atoms with Gasteiger partial charge in [0.25, 0.3) is 0 Å². The van der Waals surface area contributed by atoms with Gasteiger partial charge in [0.05, 0.1) is 23.6 Å². The number of aromatic amines is 1. The minimum atomic E-state index is -1.12. The third kappa shape index (κ3) is 6.63. The minimum absolute atomic E-state index is 0.289. The van der Waals surface area contributed by atoms with Gasteiger partial charge in [-0.2, -0.15) is 4.98 Å². The van der Waals surface area contributed by atoms with Crippen molar-refractivity contribution in [3.8, 4) is 11.6 Å². The molecule has 3 N–H and O–H groups in total. The second-order valence-electron chi connectivity index (χ2n) is 8.58. The van der Waals surface area contributed by atoms with E-state index >= 15 is 0 Å². The van der Waals surface area contributed by atoms with E-state index in [9.17, 15) is 4.79 Å². The van der Waals surface area contributed by atoms with E-state index in [1.807, 2.05) is 30.5 Å². The second-order valence-corrected chi connectivity index (χ2v) is 14.2. The number of hydrogen-bond acceptors (Lipinski definition) is 6. The number of aldehydes is 1. The summed E-state index contributed by atoms with van der Waals surface area (Å²) < 4.78 is 17.1. The molecule has 7 nitrogen and oxygen atoms in total. The molecule has 0 unspecified atom stereocenters. The van der Waals surface area contributed by atoms with Crippen LogP contribution in [-0.4, -0.2) is 33.4 Å². The molecule has 0 amide bonds. The molecule has 0 aliphatic carbocycles. The molecule has 8 heteroatoms. The van der Waals surface area contributed by atoms with E-state index in [1.54, 1.807) is 18.4 Å². The van der Waals surface area contributed by atoms with Crippen LogP contribution < -0.4 is 15.5 Å². The van der Waals surface area contributed by atoms with Crippen LogP contribution in [0.25, 0.3) is 11.0 Å². The number of carbonyl (C=O) groups excluding carboxylic acids is 1. The van der Waals surface area contributed by atoms with Crippen molar-refractivity contribution in [1.82, 2.24) is 0 Å². The van der Waals surface area contributed by atoms with Crippen molar-refractivity contribution in [3.05, 3.63) is 66.2 Å². The van der Waals surface area contributed by atoms with Crippen molar-refractivity contribution in [1.29, 1.82) is 0 Å². The van der Waals surface area contributed by atoms with Gasteiger partial charge in [0.15, 0.2) is 6.20 Å². The molecular formula is C24H30N3O4Si+. The average Bonchev–Trinajstić information content (AvgIpc) is 3.15. The Morgan fingerprint density at radius 3 is 2.78 bits per heavy atom. The summed E-state index contributed by atoms with van der Waals surface area (Å²) >= 11 is 0. The van der Waals surface area contributed by atoms with Crippen LogP contribution in [0.15, 0.2) is 64.5 Å². The van der Waals surface area contributed by atoms with E-state index in [0.717, 1.165) is 34.6 Å². The number of benzene rings is 1. The lowest BCUT2D eigenvalue weighted by Crippen LogP contribution is -2.21. The Hall–Kier alpha value is -3.23. The molecule has 168 valence electrons. The number of allylic oxidation sites excluding steroid dienone is 1. The Morgan fingerprint density at radius 2 is 2.09 bits per heavy atom. The average molecular weight is 453 g/mol. The standard InChI is InChI=1S/C24H29N3O4Si/c1-32(2,3)13-12-29-17-27-22(8-10-25)18-4-7-24(26-15-18)31-20-5-6-21-19(9-11-28)16-30-23(21)14-20/h4-8,10-11,14-16H,9,12-13,17,25H2,1-3H3/p+1/b10-8-,27-22-. The largest absolute Gasteiger partial charge is 0.464 e. The van der Waals surface area contributed by atoms with Gasteiger partial charge in [-0.1, -0.05) is 19.6 Å². The lowest BCUT2D eigenvalue weighted by molar-refractivity contribution is -0.391. The molecule has 0 saturated carbocycles. The number of aliphatic imine (C=N–C) groups is 1. The van der Waals surface area contributed by atoms with E-state index in [-0.39, 0.29) is 6.73 Å². The smallest absolute Gasteiger partial charge is 0.371 e. The van der Waals surface area contributed by atoms with Crippen molar-refractivity contribution in [3.63, 3.8) is 0 Å². The normalized spacial score (nSPS) is 12.5. The summed E-state index contributed by atoms with van der Waals surface area (Å²) in [6.07, 6.45) is 7.81. The summed E-state index contributed by atoms with van der Waals surface area (Å²) in [6.45, 7) is 7.96. The van der Waals surface area contributed by atoms with Gasteiger partial charge in [-0.15, -0.1) is 0 Å². The number of nitrogens with zero attached hydrogens (tertiary/aromatic N) is 1. The molecule has 32 heavy (non-hydrogen) atoms. The van der Waals surface area contributed by atoms with Crippen LogP contribution in [0.3, 0.4) is 0 Å². The number of H-pyrrole nitrogens is 1. The van der Waals surface area contributed by atoms with Crippen LogP contribution in [0.1, 0.15) is 11.1 Å². The number of aromatic nitrogens is 1. The Bertz CT molecular complexity index is 1100. The number of fused-ring (bicyclic) bond motifs is 1. The zero-order valence-corrected chi connectivity index (χ0v) is 19.8. The number of ether oxygens (including phenoxy) is 2. The quantitative estimate of drug-likeness (QED) is 0.202. The van der Waals surface area contributed by atoms with Gasteiger partial charge < -0.3 is 24.4 Å². The maximum Gasteiger partial charge on any atom is 0.371 e. The summed E-state index contributed by atoms with van der Waals surface area (Å²) in [5.74, 6) is 1.19. The molecule has 3 rings (SSSR count). The first-order valence-electron chi connectivity index (χ1n) is 10.5. The number of furan rings is 1. The number of nitrogens with one attached hydrogen (secondary N) is 1. The molecule has 0 aliphatic heterocycles. The SMILES string of the molecule is C[Si](C)(C)CCOC/N=C(/C=C\N)c1ccc(Oc2ccc3c(CC=O)coc3c2)[nH+]c1. The van der Waals surface area contributed by atoms with E-state index < -0.39 is 8.07 Å². The highest BCUT2D eigenvalue weighted by Crippen LogP contribution is 2.27. The zero-order chi connectivity index (χ0) is 23.0. The summed E-state index contributed by atoms with van der Waals surface area (Å²) in [7, 11) is -1.12. The Balaban J connectivity index is 1.65.